The summed E-state index contributed by atoms with van der Waals surface area (Å²) in [6.45, 7) is 0. The van der Waals surface area contributed by atoms with Crippen LogP contribution in [-0.4, -0.2) is 0 Å². The Morgan fingerprint density at radius 2 is 0.164 bits per heavy atom. The van der Waals surface area contributed by atoms with E-state index in [4.69, 9.17) is 126 Å². The molecule has 0 fully saturated rings. The Bertz CT molecular complexity index is 1970. The number of nitriles is 24. The van der Waals surface area contributed by atoms with E-state index in [1.165, 1.54) is 0 Å². The first-order valence-corrected chi connectivity index (χ1v) is 22.9. The molecule has 0 aromatic heterocycles. The summed E-state index contributed by atoms with van der Waals surface area (Å²) in [5.74, 6) is 0. The molecule has 0 atom stereocenters. The van der Waals surface area contributed by atoms with Crippen molar-refractivity contribution in [1.82, 2.24) is 0 Å². The van der Waals surface area contributed by atoms with Gasteiger partial charge in [0.1, 0.15) is 0 Å². The molecule has 0 rings (SSSR count). The van der Waals surface area contributed by atoms with Crippen LogP contribution < -0.4 is 0 Å². The van der Waals surface area contributed by atoms with Gasteiger partial charge in [-0.05, 0) is 0 Å². The zero-order chi connectivity index (χ0) is 42.6. The maximum atomic E-state index is 8.58. The summed E-state index contributed by atoms with van der Waals surface area (Å²) < 4.78 is 0. The standard InChI is InChI=1S/24CN.4Fe.3Ru/c24*1-2;;;;;;;/q;;;;;;;;;;;;;;;;;;;;;;;;4*-3;3*+4. The van der Waals surface area contributed by atoms with Gasteiger partial charge in [-0.1, -0.05) is 0 Å². The average molecular weight is 1150 g/mol. The van der Waals surface area contributed by atoms with E-state index >= 15 is 0 Å². The Balaban J connectivity index is -0.000000110. The Hall–Kier alpha value is -8.29. The fraction of sp³-hybridized carbons (Fsp3) is 0. The van der Waals surface area contributed by atoms with E-state index in [-0.39, 0.29) is 58.4 Å². The van der Waals surface area contributed by atoms with E-state index in [2.05, 4.69) is 0 Å². The molecule has 0 aromatic carbocycles. The molecule has 272 valence electrons. The fourth-order valence-electron chi connectivity index (χ4n) is 1.06. The molecule has 0 radical (unpaired) electrons. The molecule has 55 heavy (non-hydrogen) atoms. The predicted molar refractivity (Wildman–Crippen MR) is 135 cm³/mol. The van der Waals surface area contributed by atoms with Crippen LogP contribution in [0.4, 0.5) is 0 Å². The summed E-state index contributed by atoms with van der Waals surface area (Å²) in [6, 6.07) is 0. The first-order valence-electron chi connectivity index (χ1n) is 9.61. The van der Waals surface area contributed by atoms with Gasteiger partial charge in [0, 0.05) is 0 Å². The Morgan fingerprint density at radius 3 is 0.164 bits per heavy atom. The van der Waals surface area contributed by atoms with Crippen LogP contribution in [0.5, 0.6) is 0 Å². The minimum absolute atomic E-state index is 0. The molecule has 0 aliphatic rings. The van der Waals surface area contributed by atoms with Crippen LogP contribution in [0.25, 0.3) is 0 Å². The third-order valence-electron chi connectivity index (χ3n) is 4.74. The molecule has 0 saturated carbocycles. The summed E-state index contributed by atoms with van der Waals surface area (Å²) >= 11 is 0. The average Bonchev–Trinajstić information content (AvgIpc) is 3.27. The quantitative estimate of drug-likeness (QED) is 0.296. The zero-order valence-corrected chi connectivity index (χ0v) is 34.8. The summed E-state index contributed by atoms with van der Waals surface area (Å²) in [6.07, 6.45) is 0. The smallest absolute Gasteiger partial charge is 4.00 e. The maximum absolute atomic E-state index is 8.58. The largest absolute Gasteiger partial charge is 4.00 e. The van der Waals surface area contributed by atoms with Crippen LogP contribution in [0, 0.1) is 246 Å². The van der Waals surface area contributed by atoms with Crippen molar-refractivity contribution >= 4 is 0 Å². The minimum Gasteiger partial charge on any atom is 4.00 e. The van der Waals surface area contributed by atoms with Crippen LogP contribution in [0.3, 0.4) is 0 Å². The van der Waals surface area contributed by atoms with Gasteiger partial charge in [0.15, 0.2) is 0 Å². The van der Waals surface area contributed by atoms with Crippen LogP contribution in [0.2, 0.25) is 0 Å². The monoisotopic (exact) mass is 1150 g/mol. The van der Waals surface area contributed by atoms with Crippen molar-refractivity contribution in [3.8, 4) is 119 Å². The van der Waals surface area contributed by atoms with Gasteiger partial charge in [-0.15, -0.1) is 0 Å². The molecule has 0 amide bonds. The molecule has 0 bridgehead atoms. The van der Waals surface area contributed by atoms with Crippen molar-refractivity contribution < 1.29 is 101 Å². The number of nitrogens with zero attached hydrogens (tertiary/aromatic N) is 24. The summed E-state index contributed by atoms with van der Waals surface area (Å²) in [5, 5.41) is 206. The number of rotatable bonds is 0. The molecule has 0 heterocycles. The van der Waals surface area contributed by atoms with E-state index in [1.807, 2.05) is 0 Å². The molecule has 0 aliphatic heterocycles. The molecule has 31 heteroatoms. The van der Waals surface area contributed by atoms with Crippen molar-refractivity contribution in [2.24, 2.45) is 0 Å². The van der Waals surface area contributed by atoms with Gasteiger partial charge in [-0.3, -0.25) is 0 Å². The minimum atomic E-state index is -6.17. The zero-order valence-electron chi connectivity index (χ0n) is 25.2. The fourth-order valence-corrected chi connectivity index (χ4v) is 4.37. The molecule has 0 unspecified atom stereocenters. The van der Waals surface area contributed by atoms with Crippen LogP contribution in [0.15, 0.2) is 0 Å². The number of hydrogen-bond donors (Lipinski definition) is 0. The SMILES string of the molecule is N#[C][Fe-3]([C]#N)([C]#N)([C]#N)([C]#N)[C]#N.N#[C][Fe-3]([C]#N)([C]#N)([C]#N)([C]#N)[C]#N.N#[C][Fe-3]([C]#N)([C]#N)([C]#N)([C]#N)[C]#N.N#[C][Fe-3]([C]#N)([C]#N)([C]#N)([C]#N)[C]#N.[Ru+4].[Ru+4].[Ru+4]. The molecular formula is C24Fe4N24Ru3. The Morgan fingerprint density at radius 1 is 0.127 bits per heavy atom. The van der Waals surface area contributed by atoms with Crippen LogP contribution in [0.1, 0.15) is 0 Å². The van der Waals surface area contributed by atoms with Crippen molar-refractivity contribution in [1.29, 1.82) is 126 Å². The molecule has 0 aromatic rings. The van der Waals surface area contributed by atoms with Crippen molar-refractivity contribution in [2.75, 3.05) is 0 Å². The van der Waals surface area contributed by atoms with E-state index in [0.717, 1.165) is 119 Å². The molecule has 0 N–H and O–H groups in total. The van der Waals surface area contributed by atoms with Gasteiger partial charge in [0.25, 0.3) is 0 Å². The summed E-state index contributed by atoms with van der Waals surface area (Å²) in [7, 11) is -24.7. The van der Waals surface area contributed by atoms with Crippen LogP contribution >= 0.6 is 0 Å². The van der Waals surface area contributed by atoms with E-state index in [1.54, 1.807) is 0 Å². The topological polar surface area (TPSA) is 571 Å². The van der Waals surface area contributed by atoms with E-state index in [9.17, 15) is 0 Å². The second kappa shape index (κ2) is 15.9. The van der Waals surface area contributed by atoms with E-state index in [0.29, 0.717) is 0 Å². The molecular weight excluding hydrogens is 1150 g/mol. The second-order valence-corrected chi connectivity index (χ2v) is 29.7. The first-order chi connectivity index (χ1) is 23.9. The maximum Gasteiger partial charge on any atom is 4.00 e. The van der Waals surface area contributed by atoms with Gasteiger partial charge in [0.2, 0.25) is 0 Å². The van der Waals surface area contributed by atoms with Gasteiger partial charge in [-0.25, -0.2) is 0 Å². The van der Waals surface area contributed by atoms with Crippen LogP contribution in [-0.2, 0) is 101 Å². The third-order valence-corrected chi connectivity index (χ3v) is 19.6. The van der Waals surface area contributed by atoms with Gasteiger partial charge in [0.05, 0.1) is 0 Å². The molecule has 24 nitrogen and oxygen atoms in total. The predicted octanol–water partition coefficient (Wildman–Crippen LogP) is 0.385. The van der Waals surface area contributed by atoms with Crippen molar-refractivity contribution in [2.45, 2.75) is 0 Å². The van der Waals surface area contributed by atoms with Gasteiger partial charge < -0.3 is 0 Å². The number of hydrogen-bond acceptors (Lipinski definition) is 24. The third kappa shape index (κ3) is 7.00. The molecule has 0 spiro atoms. The van der Waals surface area contributed by atoms with Crippen molar-refractivity contribution in [3.05, 3.63) is 0 Å². The first kappa shape index (κ1) is 61.9. The van der Waals surface area contributed by atoms with Gasteiger partial charge in [-0.2, -0.15) is 0 Å². The van der Waals surface area contributed by atoms with Gasteiger partial charge >= 0.3 is 347 Å². The van der Waals surface area contributed by atoms with E-state index < -0.39 is 42.9 Å². The Labute approximate surface area is 343 Å². The van der Waals surface area contributed by atoms with Crippen molar-refractivity contribution in [3.63, 3.8) is 0 Å². The second-order valence-electron chi connectivity index (χ2n) is 7.20. The molecule has 0 aliphatic carbocycles. The normalized spacial score (nSPS) is 12.7. The molecule has 0 saturated heterocycles. The summed E-state index contributed by atoms with van der Waals surface area (Å²) in [5.41, 5.74) is 0. The summed E-state index contributed by atoms with van der Waals surface area (Å²) in [4.78, 5) is 24.8. The Kier molecular flexibility index (Phi) is 17.9.